The van der Waals surface area contributed by atoms with Crippen LogP contribution in [0.2, 0.25) is 0 Å². The van der Waals surface area contributed by atoms with Crippen LogP contribution in [0.3, 0.4) is 0 Å². The number of rotatable bonds is 7. The van der Waals surface area contributed by atoms with E-state index in [-0.39, 0.29) is 18.4 Å². The van der Waals surface area contributed by atoms with E-state index in [0.29, 0.717) is 31.0 Å². The van der Waals surface area contributed by atoms with Gasteiger partial charge in [-0.15, -0.1) is 0 Å². The zero-order chi connectivity index (χ0) is 15.0. The summed E-state index contributed by atoms with van der Waals surface area (Å²) in [5, 5.41) is 5.35. The predicted octanol–water partition coefficient (Wildman–Crippen LogP) is 1.09. The first-order chi connectivity index (χ1) is 9.49. The van der Waals surface area contributed by atoms with Crippen molar-refractivity contribution in [3.05, 3.63) is 29.8 Å². The molecule has 2 amide bonds. The molecule has 1 rings (SSSR count). The van der Waals surface area contributed by atoms with E-state index in [1.165, 1.54) is 0 Å². The summed E-state index contributed by atoms with van der Waals surface area (Å²) in [6.45, 7) is 4.68. The molecule has 5 nitrogen and oxygen atoms in total. The number of benzene rings is 1. The minimum absolute atomic E-state index is 0.0236. The maximum Gasteiger partial charge on any atom is 0.239 e. The van der Waals surface area contributed by atoms with Crippen LogP contribution in [0.5, 0.6) is 0 Å². The van der Waals surface area contributed by atoms with Crippen molar-refractivity contribution in [1.82, 2.24) is 10.6 Å². The Balaban J connectivity index is 2.24. The molecule has 0 radical (unpaired) electrons. The van der Waals surface area contributed by atoms with Crippen LogP contribution in [-0.2, 0) is 16.0 Å². The summed E-state index contributed by atoms with van der Waals surface area (Å²) in [7, 11) is 0. The summed E-state index contributed by atoms with van der Waals surface area (Å²) in [5.41, 5.74) is 7.44. The average molecular weight is 277 g/mol. The Morgan fingerprint density at radius 1 is 1.15 bits per heavy atom. The molecule has 0 heterocycles. The molecule has 0 aromatic heterocycles. The largest absolute Gasteiger partial charge is 0.399 e. The number of hydrogen-bond donors (Lipinski definition) is 3. The Morgan fingerprint density at radius 3 is 2.50 bits per heavy atom. The monoisotopic (exact) mass is 277 g/mol. The molecule has 0 aliphatic rings. The van der Waals surface area contributed by atoms with E-state index < -0.39 is 0 Å². The highest BCUT2D eigenvalue weighted by molar-refractivity contribution is 5.84. The molecule has 20 heavy (non-hydrogen) atoms. The van der Waals surface area contributed by atoms with Crippen molar-refractivity contribution in [2.75, 3.05) is 18.8 Å². The number of nitrogen functional groups attached to an aromatic ring is 1. The van der Waals surface area contributed by atoms with E-state index in [1.807, 2.05) is 38.1 Å². The molecule has 1 aromatic carbocycles. The number of amides is 2. The van der Waals surface area contributed by atoms with Crippen molar-refractivity contribution in [2.45, 2.75) is 26.7 Å². The maximum atomic E-state index is 11.6. The third-order valence-corrected chi connectivity index (χ3v) is 2.83. The fraction of sp³-hybridized carbons (Fsp3) is 0.467. The molecule has 0 saturated heterocycles. The second-order valence-corrected chi connectivity index (χ2v) is 5.17. The average Bonchev–Trinajstić information content (AvgIpc) is 2.42. The molecule has 0 spiro atoms. The van der Waals surface area contributed by atoms with Crippen molar-refractivity contribution in [3.63, 3.8) is 0 Å². The van der Waals surface area contributed by atoms with E-state index in [9.17, 15) is 9.59 Å². The normalized spacial score (nSPS) is 10.3. The molecular weight excluding hydrogens is 254 g/mol. The van der Waals surface area contributed by atoms with Gasteiger partial charge in [0.05, 0.1) is 6.54 Å². The third-order valence-electron chi connectivity index (χ3n) is 2.83. The van der Waals surface area contributed by atoms with Crippen molar-refractivity contribution >= 4 is 17.5 Å². The highest BCUT2D eigenvalue weighted by Gasteiger charge is 2.07. The van der Waals surface area contributed by atoms with Crippen LogP contribution in [0.15, 0.2) is 24.3 Å². The number of carbonyl (C=O) groups excluding carboxylic acids is 2. The molecule has 0 atom stereocenters. The molecule has 110 valence electrons. The van der Waals surface area contributed by atoms with Crippen LogP contribution >= 0.6 is 0 Å². The Hall–Kier alpha value is -2.04. The first-order valence-corrected chi connectivity index (χ1v) is 6.85. The van der Waals surface area contributed by atoms with E-state index in [2.05, 4.69) is 10.6 Å². The van der Waals surface area contributed by atoms with Crippen LogP contribution in [0.25, 0.3) is 0 Å². The first kappa shape index (κ1) is 16.0. The van der Waals surface area contributed by atoms with E-state index >= 15 is 0 Å². The number of nitrogens with two attached hydrogens (primary N) is 1. The van der Waals surface area contributed by atoms with Gasteiger partial charge in [-0.2, -0.15) is 0 Å². The lowest BCUT2D eigenvalue weighted by atomic mass is 10.1. The Morgan fingerprint density at radius 2 is 1.85 bits per heavy atom. The summed E-state index contributed by atoms with van der Waals surface area (Å²) < 4.78 is 0. The summed E-state index contributed by atoms with van der Waals surface area (Å²) in [4.78, 5) is 23.1. The van der Waals surface area contributed by atoms with Gasteiger partial charge < -0.3 is 16.4 Å². The van der Waals surface area contributed by atoms with Crippen LogP contribution in [0, 0.1) is 5.92 Å². The SMILES string of the molecule is CC(C)CNC(=O)CNC(=O)CCc1ccccc1N. The zero-order valence-electron chi connectivity index (χ0n) is 12.1. The van der Waals surface area contributed by atoms with Gasteiger partial charge in [-0.05, 0) is 24.0 Å². The maximum absolute atomic E-state index is 11.6. The molecule has 1 aromatic rings. The van der Waals surface area contributed by atoms with Gasteiger partial charge in [-0.25, -0.2) is 0 Å². The molecule has 4 N–H and O–H groups in total. The lowest BCUT2D eigenvalue weighted by molar-refractivity contribution is -0.126. The number of aryl methyl sites for hydroxylation is 1. The predicted molar refractivity (Wildman–Crippen MR) is 80.0 cm³/mol. The van der Waals surface area contributed by atoms with Crippen LogP contribution < -0.4 is 16.4 Å². The van der Waals surface area contributed by atoms with Gasteiger partial charge in [0.1, 0.15) is 0 Å². The van der Waals surface area contributed by atoms with Crippen molar-refractivity contribution < 1.29 is 9.59 Å². The minimum Gasteiger partial charge on any atom is -0.399 e. The topological polar surface area (TPSA) is 84.2 Å². The highest BCUT2D eigenvalue weighted by Crippen LogP contribution is 2.12. The van der Waals surface area contributed by atoms with Crippen LogP contribution in [0.1, 0.15) is 25.8 Å². The summed E-state index contributed by atoms with van der Waals surface area (Å²) in [5.74, 6) is 0.0925. The highest BCUT2D eigenvalue weighted by atomic mass is 16.2. The molecule has 0 bridgehead atoms. The standard InChI is InChI=1S/C15H23N3O2/c1-11(2)9-17-15(20)10-18-14(19)8-7-12-5-3-4-6-13(12)16/h3-6,11H,7-10,16H2,1-2H3,(H,17,20)(H,18,19). The first-order valence-electron chi connectivity index (χ1n) is 6.85. The van der Waals surface area contributed by atoms with Gasteiger partial charge in [0.25, 0.3) is 0 Å². The van der Waals surface area contributed by atoms with Gasteiger partial charge in [-0.3, -0.25) is 9.59 Å². The van der Waals surface area contributed by atoms with Crippen molar-refractivity contribution in [1.29, 1.82) is 0 Å². The second kappa shape index (κ2) is 8.19. The smallest absolute Gasteiger partial charge is 0.239 e. The summed E-state index contributed by atoms with van der Waals surface area (Å²) in [6.07, 6.45) is 0.901. The molecule has 0 unspecified atom stereocenters. The van der Waals surface area contributed by atoms with Crippen molar-refractivity contribution in [3.8, 4) is 0 Å². The number of para-hydroxylation sites is 1. The second-order valence-electron chi connectivity index (χ2n) is 5.17. The van der Waals surface area contributed by atoms with Gasteiger partial charge in [-0.1, -0.05) is 32.0 Å². The van der Waals surface area contributed by atoms with Crippen LogP contribution in [0.4, 0.5) is 5.69 Å². The quantitative estimate of drug-likeness (QED) is 0.652. The number of carbonyl (C=O) groups is 2. The van der Waals surface area contributed by atoms with Crippen molar-refractivity contribution in [2.24, 2.45) is 5.92 Å². The van der Waals surface area contributed by atoms with Gasteiger partial charge in [0.15, 0.2) is 0 Å². The van der Waals surface area contributed by atoms with E-state index in [4.69, 9.17) is 5.73 Å². The lowest BCUT2D eigenvalue weighted by Gasteiger charge is -2.09. The van der Waals surface area contributed by atoms with E-state index in [0.717, 1.165) is 5.56 Å². The van der Waals surface area contributed by atoms with Gasteiger partial charge >= 0.3 is 0 Å². The Bertz CT molecular complexity index is 458. The Kier molecular flexibility index (Phi) is 6.56. The number of anilines is 1. The number of nitrogens with one attached hydrogen (secondary N) is 2. The minimum atomic E-state index is -0.161. The summed E-state index contributed by atoms with van der Waals surface area (Å²) >= 11 is 0. The molecule has 0 fully saturated rings. The van der Waals surface area contributed by atoms with E-state index in [1.54, 1.807) is 0 Å². The summed E-state index contributed by atoms with van der Waals surface area (Å²) in [6, 6.07) is 7.46. The van der Waals surface area contributed by atoms with Crippen LogP contribution in [-0.4, -0.2) is 24.9 Å². The molecular formula is C15H23N3O2. The fourth-order valence-electron chi connectivity index (χ4n) is 1.66. The Labute approximate surface area is 119 Å². The lowest BCUT2D eigenvalue weighted by Crippen LogP contribution is -2.38. The van der Waals surface area contributed by atoms with Gasteiger partial charge in [0, 0.05) is 18.7 Å². The third kappa shape index (κ3) is 6.22. The zero-order valence-corrected chi connectivity index (χ0v) is 12.1. The fourth-order valence-corrected chi connectivity index (χ4v) is 1.66. The molecule has 0 saturated carbocycles. The molecule has 0 aliphatic carbocycles. The molecule has 0 aliphatic heterocycles. The molecule has 5 heteroatoms. The number of hydrogen-bond acceptors (Lipinski definition) is 3. The van der Waals surface area contributed by atoms with Gasteiger partial charge in [0.2, 0.25) is 11.8 Å².